The van der Waals surface area contributed by atoms with Crippen molar-refractivity contribution >= 4 is 10.0 Å². The molecule has 1 unspecified atom stereocenters. The highest BCUT2D eigenvalue weighted by molar-refractivity contribution is 7.89. The van der Waals surface area contributed by atoms with Gasteiger partial charge in [0.25, 0.3) is 0 Å². The Kier molecular flexibility index (Phi) is 6.40. The van der Waals surface area contributed by atoms with E-state index in [1.165, 1.54) is 12.1 Å². The van der Waals surface area contributed by atoms with E-state index in [0.29, 0.717) is 43.6 Å². The van der Waals surface area contributed by atoms with Crippen molar-refractivity contribution in [2.24, 2.45) is 5.92 Å². The smallest absolute Gasteiger partial charge is 0.240 e. The van der Waals surface area contributed by atoms with Crippen molar-refractivity contribution in [2.45, 2.75) is 11.3 Å². The van der Waals surface area contributed by atoms with E-state index in [2.05, 4.69) is 9.62 Å². The Morgan fingerprint density at radius 1 is 1.13 bits per heavy atom. The van der Waals surface area contributed by atoms with Gasteiger partial charge in [-0.3, -0.25) is 4.90 Å². The minimum absolute atomic E-state index is 0.0737. The first-order valence-corrected chi connectivity index (χ1v) is 11.5. The summed E-state index contributed by atoms with van der Waals surface area (Å²) < 4.78 is 57.4. The molecule has 0 radical (unpaired) electrons. The van der Waals surface area contributed by atoms with Crippen LogP contribution < -0.4 is 18.9 Å². The monoisotopic (exact) mass is 436 g/mol. The van der Waals surface area contributed by atoms with Crippen molar-refractivity contribution in [1.29, 1.82) is 0 Å². The molecular formula is C21H25FN2O5S. The predicted octanol–water partition coefficient (Wildman–Crippen LogP) is 2.28. The van der Waals surface area contributed by atoms with Crippen LogP contribution in [-0.4, -0.2) is 59.3 Å². The van der Waals surface area contributed by atoms with Gasteiger partial charge in [-0.15, -0.1) is 0 Å². The summed E-state index contributed by atoms with van der Waals surface area (Å²) in [5.41, 5.74) is 0. The lowest BCUT2D eigenvalue weighted by molar-refractivity contribution is 0.158. The van der Waals surface area contributed by atoms with Gasteiger partial charge in [0.1, 0.15) is 25.6 Å². The van der Waals surface area contributed by atoms with Gasteiger partial charge in [0.2, 0.25) is 15.8 Å². The van der Waals surface area contributed by atoms with E-state index in [9.17, 15) is 12.8 Å². The predicted molar refractivity (Wildman–Crippen MR) is 109 cm³/mol. The van der Waals surface area contributed by atoms with Crippen LogP contribution in [0.25, 0.3) is 0 Å². The quantitative estimate of drug-likeness (QED) is 0.684. The molecule has 4 rings (SSSR count). The molecule has 2 aromatic rings. The standard InChI is InChI=1S/C21H25FN2O5S/c22-17-4-6-18(7-5-17)30(25,26)23-14-16-8-9-24(15-16)10-11-27-19-2-1-3-20-21(19)29-13-12-28-20/h1-7,16,23H,8-15H2. The molecule has 2 aliphatic heterocycles. The zero-order chi connectivity index (χ0) is 21.0. The first-order valence-electron chi connectivity index (χ1n) is 10.0. The number of benzene rings is 2. The van der Waals surface area contributed by atoms with Crippen LogP contribution >= 0.6 is 0 Å². The molecule has 2 aromatic carbocycles. The molecule has 2 aliphatic rings. The second-order valence-corrected chi connectivity index (χ2v) is 9.16. The third-order valence-corrected chi connectivity index (χ3v) is 6.69. The average Bonchev–Trinajstić information content (AvgIpc) is 3.21. The molecule has 9 heteroatoms. The molecule has 2 heterocycles. The number of rotatable bonds is 8. The van der Waals surface area contributed by atoms with Gasteiger partial charge in [-0.2, -0.15) is 0 Å². The van der Waals surface area contributed by atoms with Crippen LogP contribution in [0, 0.1) is 11.7 Å². The number of hydrogen-bond acceptors (Lipinski definition) is 6. The minimum atomic E-state index is -3.63. The fourth-order valence-corrected chi connectivity index (χ4v) is 4.77. The summed E-state index contributed by atoms with van der Waals surface area (Å²) in [4.78, 5) is 2.33. The van der Waals surface area contributed by atoms with Gasteiger partial charge in [-0.05, 0) is 55.3 Å². The molecule has 1 atom stereocenters. The normalized spacial score (nSPS) is 19.0. The fourth-order valence-electron chi connectivity index (χ4n) is 3.65. The van der Waals surface area contributed by atoms with E-state index in [-0.39, 0.29) is 10.8 Å². The first-order chi connectivity index (χ1) is 14.5. The number of likely N-dealkylation sites (tertiary alicyclic amines) is 1. The second kappa shape index (κ2) is 9.20. The van der Waals surface area contributed by atoms with Crippen LogP contribution in [0.1, 0.15) is 6.42 Å². The lowest BCUT2D eigenvalue weighted by atomic mass is 10.1. The maximum atomic E-state index is 13.0. The molecule has 0 aliphatic carbocycles. The summed E-state index contributed by atoms with van der Waals surface area (Å²) in [5, 5.41) is 0. The summed E-state index contributed by atoms with van der Waals surface area (Å²) in [6.07, 6.45) is 0.906. The number of fused-ring (bicyclic) bond motifs is 1. The van der Waals surface area contributed by atoms with Crippen LogP contribution in [-0.2, 0) is 10.0 Å². The van der Waals surface area contributed by atoms with Gasteiger partial charge in [0.15, 0.2) is 11.5 Å². The largest absolute Gasteiger partial charge is 0.488 e. The van der Waals surface area contributed by atoms with E-state index in [4.69, 9.17) is 14.2 Å². The third kappa shape index (κ3) is 5.03. The van der Waals surface area contributed by atoms with Crippen LogP contribution in [0.4, 0.5) is 4.39 Å². The average molecular weight is 437 g/mol. The molecule has 0 amide bonds. The van der Waals surface area contributed by atoms with Crippen molar-refractivity contribution < 1.29 is 27.0 Å². The Hall–Kier alpha value is -2.36. The Bertz CT molecular complexity index is 968. The van der Waals surface area contributed by atoms with Gasteiger partial charge in [-0.1, -0.05) is 6.07 Å². The molecular weight excluding hydrogens is 411 g/mol. The summed E-state index contributed by atoms with van der Waals surface area (Å²) in [7, 11) is -3.63. The lowest BCUT2D eigenvalue weighted by Gasteiger charge is -2.22. The second-order valence-electron chi connectivity index (χ2n) is 7.39. The molecule has 7 nitrogen and oxygen atoms in total. The molecule has 0 spiro atoms. The number of sulfonamides is 1. The number of nitrogens with zero attached hydrogens (tertiary/aromatic N) is 1. The minimum Gasteiger partial charge on any atom is -0.488 e. The van der Waals surface area contributed by atoms with E-state index in [0.717, 1.165) is 38.2 Å². The Labute approximate surface area is 175 Å². The summed E-state index contributed by atoms with van der Waals surface area (Å²) in [6, 6.07) is 10.4. The zero-order valence-corrected chi connectivity index (χ0v) is 17.4. The zero-order valence-electron chi connectivity index (χ0n) is 16.6. The summed E-state index contributed by atoms with van der Waals surface area (Å²) in [6.45, 7) is 4.33. The Morgan fingerprint density at radius 2 is 1.93 bits per heavy atom. The van der Waals surface area contributed by atoms with Gasteiger partial charge in [0, 0.05) is 19.6 Å². The van der Waals surface area contributed by atoms with Gasteiger partial charge in [0.05, 0.1) is 4.90 Å². The van der Waals surface area contributed by atoms with E-state index >= 15 is 0 Å². The number of halogens is 1. The van der Waals surface area contributed by atoms with Crippen LogP contribution in [0.15, 0.2) is 47.4 Å². The van der Waals surface area contributed by atoms with Crippen LogP contribution in [0.3, 0.4) is 0 Å². The highest BCUT2D eigenvalue weighted by Gasteiger charge is 2.25. The maximum Gasteiger partial charge on any atom is 0.240 e. The molecule has 162 valence electrons. The topological polar surface area (TPSA) is 77.1 Å². The van der Waals surface area contributed by atoms with Crippen molar-refractivity contribution in [2.75, 3.05) is 46.0 Å². The first kappa shape index (κ1) is 20.9. The highest BCUT2D eigenvalue weighted by atomic mass is 32.2. The van der Waals surface area contributed by atoms with E-state index < -0.39 is 15.8 Å². The number of nitrogens with one attached hydrogen (secondary N) is 1. The van der Waals surface area contributed by atoms with E-state index in [1.54, 1.807) is 0 Å². The number of ether oxygens (including phenoxy) is 3. The number of para-hydroxylation sites is 1. The molecule has 1 saturated heterocycles. The summed E-state index contributed by atoms with van der Waals surface area (Å²) >= 11 is 0. The SMILES string of the molecule is O=S(=O)(NCC1CCN(CCOc2cccc3c2OCCO3)C1)c1ccc(F)cc1. The molecule has 1 N–H and O–H groups in total. The lowest BCUT2D eigenvalue weighted by Crippen LogP contribution is -2.32. The molecule has 0 bridgehead atoms. The Morgan fingerprint density at radius 3 is 2.77 bits per heavy atom. The molecule has 0 saturated carbocycles. The molecule has 0 aromatic heterocycles. The van der Waals surface area contributed by atoms with Crippen LogP contribution in [0.5, 0.6) is 17.2 Å². The number of hydrogen-bond donors (Lipinski definition) is 1. The van der Waals surface area contributed by atoms with Crippen molar-refractivity contribution in [3.8, 4) is 17.2 Å². The van der Waals surface area contributed by atoms with Gasteiger partial charge >= 0.3 is 0 Å². The molecule has 30 heavy (non-hydrogen) atoms. The highest BCUT2D eigenvalue weighted by Crippen LogP contribution is 2.38. The fraction of sp³-hybridized carbons (Fsp3) is 0.429. The third-order valence-electron chi connectivity index (χ3n) is 5.25. The maximum absolute atomic E-state index is 13.0. The van der Waals surface area contributed by atoms with Crippen LogP contribution in [0.2, 0.25) is 0 Å². The van der Waals surface area contributed by atoms with Crippen molar-refractivity contribution in [3.05, 3.63) is 48.3 Å². The van der Waals surface area contributed by atoms with E-state index in [1.807, 2.05) is 18.2 Å². The Balaban J connectivity index is 1.22. The van der Waals surface area contributed by atoms with Crippen molar-refractivity contribution in [3.63, 3.8) is 0 Å². The summed E-state index contributed by atoms with van der Waals surface area (Å²) in [5.74, 6) is 1.79. The van der Waals surface area contributed by atoms with Gasteiger partial charge in [-0.25, -0.2) is 17.5 Å². The van der Waals surface area contributed by atoms with Crippen molar-refractivity contribution in [1.82, 2.24) is 9.62 Å². The molecule has 1 fully saturated rings. The van der Waals surface area contributed by atoms with Gasteiger partial charge < -0.3 is 14.2 Å².